The summed E-state index contributed by atoms with van der Waals surface area (Å²) in [5.41, 5.74) is 3.27. The topological polar surface area (TPSA) is 37.3 Å². The fourth-order valence-electron chi connectivity index (χ4n) is 4.51. The third kappa shape index (κ3) is 2.23. The summed E-state index contributed by atoms with van der Waals surface area (Å²) in [5.74, 6) is 1.24. The van der Waals surface area contributed by atoms with Gasteiger partial charge in [-0.25, -0.2) is 4.79 Å². The van der Waals surface area contributed by atoms with Gasteiger partial charge in [-0.3, -0.25) is 0 Å². The van der Waals surface area contributed by atoms with Crippen molar-refractivity contribution in [2.75, 3.05) is 0 Å². The van der Waals surface area contributed by atoms with Gasteiger partial charge in [0.1, 0.15) is 0 Å². The Bertz CT molecular complexity index is 484. The zero-order valence-corrected chi connectivity index (χ0v) is 12.9. The highest BCUT2D eigenvalue weighted by Gasteiger charge is 2.45. The summed E-state index contributed by atoms with van der Waals surface area (Å²) in [6.07, 6.45) is 10.1. The molecule has 110 valence electrons. The number of hydrogen-bond acceptors (Lipinski definition) is 1. The van der Waals surface area contributed by atoms with Crippen LogP contribution >= 0.6 is 0 Å². The summed E-state index contributed by atoms with van der Waals surface area (Å²) in [5, 5.41) is 9.56. The molecule has 3 rings (SSSR count). The quantitative estimate of drug-likeness (QED) is 0.591. The predicted molar refractivity (Wildman–Crippen MR) is 80.4 cm³/mol. The number of hydrogen-bond donors (Lipinski definition) is 1. The summed E-state index contributed by atoms with van der Waals surface area (Å²) >= 11 is 0. The lowest BCUT2D eigenvalue weighted by molar-refractivity contribution is -0.133. The standard InChI is InChI=1S/C18H26O2/c1-18(2,3)16(17(19)20)15-10-13-8-12(9-14(13)15)11-6-4-5-7-11/h9,11,13-14H,4-8,10H2,1-3H3,(H,19,20)/t13-,14-/m0/s1. The fraction of sp³-hybridized carbons (Fsp3) is 0.722. The van der Waals surface area contributed by atoms with Crippen LogP contribution in [0, 0.1) is 23.2 Å². The molecule has 0 aromatic heterocycles. The minimum absolute atomic E-state index is 0.254. The highest BCUT2D eigenvalue weighted by Crippen LogP contribution is 2.55. The van der Waals surface area contributed by atoms with Crippen LogP contribution in [-0.2, 0) is 4.79 Å². The Hall–Kier alpha value is -1.05. The number of rotatable bonds is 2. The average Bonchev–Trinajstić information content (AvgIpc) is 2.90. The van der Waals surface area contributed by atoms with Crippen LogP contribution in [0.2, 0.25) is 0 Å². The summed E-state index contributed by atoms with van der Waals surface area (Å²) in [6, 6.07) is 0. The summed E-state index contributed by atoms with van der Waals surface area (Å²) < 4.78 is 0. The Morgan fingerprint density at radius 1 is 1.20 bits per heavy atom. The Morgan fingerprint density at radius 3 is 2.40 bits per heavy atom. The molecule has 0 radical (unpaired) electrons. The van der Waals surface area contributed by atoms with Crippen molar-refractivity contribution in [1.29, 1.82) is 0 Å². The lowest BCUT2D eigenvalue weighted by atomic mass is 9.65. The smallest absolute Gasteiger partial charge is 0.332 e. The monoisotopic (exact) mass is 274 g/mol. The van der Waals surface area contributed by atoms with Crippen molar-refractivity contribution < 1.29 is 9.90 Å². The number of carbonyl (C=O) groups is 1. The van der Waals surface area contributed by atoms with Gasteiger partial charge in [0, 0.05) is 11.5 Å². The maximum atomic E-state index is 11.6. The number of fused-ring (bicyclic) bond motifs is 1. The molecule has 0 aliphatic heterocycles. The minimum atomic E-state index is -0.714. The van der Waals surface area contributed by atoms with Gasteiger partial charge in [-0.15, -0.1) is 0 Å². The minimum Gasteiger partial charge on any atom is -0.478 e. The molecule has 0 amide bonds. The van der Waals surface area contributed by atoms with Gasteiger partial charge in [-0.2, -0.15) is 0 Å². The second-order valence-electron chi connectivity index (χ2n) is 7.87. The number of aliphatic carboxylic acids is 1. The van der Waals surface area contributed by atoms with Crippen molar-refractivity contribution in [3.05, 3.63) is 22.8 Å². The van der Waals surface area contributed by atoms with Crippen LogP contribution in [0.1, 0.15) is 59.3 Å². The molecule has 0 aromatic rings. The van der Waals surface area contributed by atoms with E-state index in [1.54, 1.807) is 5.57 Å². The normalized spacial score (nSPS) is 32.6. The van der Waals surface area contributed by atoms with Gasteiger partial charge in [0.05, 0.1) is 0 Å². The van der Waals surface area contributed by atoms with Gasteiger partial charge in [0.25, 0.3) is 0 Å². The average molecular weight is 274 g/mol. The van der Waals surface area contributed by atoms with E-state index in [-0.39, 0.29) is 5.41 Å². The molecule has 0 saturated heterocycles. The van der Waals surface area contributed by atoms with Crippen LogP contribution in [0.3, 0.4) is 0 Å². The van der Waals surface area contributed by atoms with Crippen LogP contribution in [0.15, 0.2) is 22.8 Å². The Balaban J connectivity index is 1.86. The maximum Gasteiger partial charge on any atom is 0.332 e. The van der Waals surface area contributed by atoms with E-state index in [0.29, 0.717) is 17.4 Å². The second kappa shape index (κ2) is 4.75. The van der Waals surface area contributed by atoms with E-state index in [2.05, 4.69) is 6.08 Å². The zero-order chi connectivity index (χ0) is 14.5. The van der Waals surface area contributed by atoms with Crippen LogP contribution in [-0.4, -0.2) is 11.1 Å². The van der Waals surface area contributed by atoms with E-state index >= 15 is 0 Å². The molecule has 2 saturated carbocycles. The summed E-state index contributed by atoms with van der Waals surface area (Å²) in [4.78, 5) is 11.6. The fourth-order valence-corrected chi connectivity index (χ4v) is 4.51. The molecule has 2 fully saturated rings. The second-order valence-corrected chi connectivity index (χ2v) is 7.87. The van der Waals surface area contributed by atoms with Crippen LogP contribution in [0.4, 0.5) is 0 Å². The maximum absolute atomic E-state index is 11.6. The third-order valence-electron chi connectivity index (χ3n) is 5.45. The van der Waals surface area contributed by atoms with E-state index in [1.807, 2.05) is 20.8 Å². The van der Waals surface area contributed by atoms with Gasteiger partial charge in [0.15, 0.2) is 0 Å². The summed E-state index contributed by atoms with van der Waals surface area (Å²) in [7, 11) is 0. The first-order chi connectivity index (χ1) is 9.38. The van der Waals surface area contributed by atoms with Crippen LogP contribution in [0.25, 0.3) is 0 Å². The van der Waals surface area contributed by atoms with Crippen molar-refractivity contribution in [2.24, 2.45) is 23.2 Å². The van der Waals surface area contributed by atoms with Gasteiger partial charge in [0.2, 0.25) is 0 Å². The molecular weight excluding hydrogens is 248 g/mol. The number of allylic oxidation sites excluding steroid dienone is 3. The SMILES string of the molecule is CC(C)(C)C(C(=O)O)=C1C[C@@H]2CC(C3CCCC3)=C[C@H]12. The molecule has 3 aliphatic rings. The molecule has 0 unspecified atom stereocenters. The Kier molecular flexibility index (Phi) is 3.30. The van der Waals surface area contributed by atoms with E-state index in [4.69, 9.17) is 0 Å². The predicted octanol–water partition coefficient (Wildman–Crippen LogP) is 4.57. The highest BCUT2D eigenvalue weighted by atomic mass is 16.4. The van der Waals surface area contributed by atoms with Crippen molar-refractivity contribution >= 4 is 5.97 Å². The molecule has 2 heteroatoms. The first-order valence-corrected chi connectivity index (χ1v) is 8.05. The van der Waals surface area contributed by atoms with E-state index in [0.717, 1.165) is 12.3 Å². The lowest BCUT2D eigenvalue weighted by Crippen LogP contribution is -2.31. The molecule has 3 aliphatic carbocycles. The van der Waals surface area contributed by atoms with Gasteiger partial charge >= 0.3 is 5.97 Å². The van der Waals surface area contributed by atoms with E-state index < -0.39 is 5.97 Å². The zero-order valence-electron chi connectivity index (χ0n) is 12.9. The Labute approximate surface area is 122 Å². The number of carboxylic acid groups (broad SMARTS) is 1. The van der Waals surface area contributed by atoms with Crippen molar-refractivity contribution in [1.82, 2.24) is 0 Å². The Morgan fingerprint density at radius 2 is 1.85 bits per heavy atom. The molecular formula is C18H26O2. The lowest BCUT2D eigenvalue weighted by Gasteiger charge is -2.38. The first-order valence-electron chi connectivity index (χ1n) is 8.05. The molecule has 0 bridgehead atoms. The van der Waals surface area contributed by atoms with Gasteiger partial charge in [-0.05, 0) is 42.9 Å². The molecule has 2 nitrogen and oxygen atoms in total. The van der Waals surface area contributed by atoms with Gasteiger partial charge < -0.3 is 5.11 Å². The molecule has 1 N–H and O–H groups in total. The molecule has 0 heterocycles. The summed E-state index contributed by atoms with van der Waals surface area (Å²) in [6.45, 7) is 6.06. The van der Waals surface area contributed by atoms with Gasteiger partial charge in [-0.1, -0.05) is 50.8 Å². The first kappa shape index (κ1) is 13.9. The third-order valence-corrected chi connectivity index (χ3v) is 5.45. The van der Waals surface area contributed by atoms with Crippen molar-refractivity contribution in [2.45, 2.75) is 59.3 Å². The van der Waals surface area contributed by atoms with Crippen LogP contribution in [0.5, 0.6) is 0 Å². The van der Waals surface area contributed by atoms with E-state index in [1.165, 1.54) is 37.7 Å². The van der Waals surface area contributed by atoms with E-state index in [9.17, 15) is 9.90 Å². The molecule has 2 atom stereocenters. The molecule has 0 aromatic carbocycles. The molecule has 20 heavy (non-hydrogen) atoms. The molecule has 0 spiro atoms. The number of carboxylic acids is 1. The van der Waals surface area contributed by atoms with Crippen molar-refractivity contribution in [3.63, 3.8) is 0 Å². The van der Waals surface area contributed by atoms with Crippen molar-refractivity contribution in [3.8, 4) is 0 Å². The highest BCUT2D eigenvalue weighted by molar-refractivity contribution is 5.89. The largest absolute Gasteiger partial charge is 0.478 e. The van der Waals surface area contributed by atoms with Crippen LogP contribution < -0.4 is 0 Å².